The van der Waals surface area contributed by atoms with Crippen LogP contribution in [0.25, 0.3) is 175 Å². The Morgan fingerprint density at radius 3 is 0.806 bits per heavy atom. The van der Waals surface area contributed by atoms with Crippen LogP contribution in [0.15, 0.2) is 381 Å². The summed E-state index contributed by atoms with van der Waals surface area (Å²) in [5, 5.41) is 20.7. The van der Waals surface area contributed by atoms with E-state index in [9.17, 15) is 0 Å². The number of hydrogen-bond acceptors (Lipinski definition) is 2. The molecule has 0 bridgehead atoms. The van der Waals surface area contributed by atoms with E-state index in [-0.39, 0.29) is 18.3 Å². The summed E-state index contributed by atoms with van der Waals surface area (Å²) in [5.74, 6) is 0. The number of nitrogens with zero attached hydrogens (tertiary/aromatic N) is 2. The first-order valence-electron chi connectivity index (χ1n) is 37.2. The van der Waals surface area contributed by atoms with Crippen LogP contribution in [-0.2, 0) is 9.31 Å². The molecule has 18 aromatic carbocycles. The fraction of sp³-hybridized carbons (Fsp3) is 0.0588. The average molecular weight is 1450 g/mol. The van der Waals surface area contributed by atoms with E-state index in [1.165, 1.54) is 175 Å². The van der Waals surface area contributed by atoms with Crippen LogP contribution >= 0.6 is 15.9 Å². The van der Waals surface area contributed by atoms with Gasteiger partial charge >= 0.3 is 7.12 Å². The number of aromatic nitrogens is 2. The zero-order valence-electron chi connectivity index (χ0n) is 60.5. The SMILES string of the molecule is Brc1cccc(-c2cccc(-n3c4ccccc4c4ccccc43)c2)c1.CC1(C)OB(c2cccc(-c3ccc4c5ccccc5c5ccccc5c4c3)c2)OC1(C)C.c1cc(-c2cccc(-c3ccc4c5ccccc5c5ccccc5c4c3)c2)cc(-c2cccc(-n3c4ccccc4c4ccccc43)c2)c1. The Balaban J connectivity index is 0.000000117. The Morgan fingerprint density at radius 1 is 0.213 bits per heavy atom. The van der Waals surface area contributed by atoms with Crippen LogP contribution < -0.4 is 5.46 Å². The van der Waals surface area contributed by atoms with Crippen LogP contribution in [0, 0.1) is 0 Å². The van der Waals surface area contributed by atoms with Gasteiger partial charge in [-0.15, -0.1) is 0 Å². The molecule has 0 aliphatic carbocycles. The minimum Gasteiger partial charge on any atom is -0.399 e. The van der Waals surface area contributed by atoms with Gasteiger partial charge in [-0.25, -0.2) is 0 Å². The summed E-state index contributed by atoms with van der Waals surface area (Å²) >= 11 is 3.58. The van der Waals surface area contributed by atoms with E-state index in [2.05, 4.69) is 429 Å². The molecule has 6 heteroatoms. The van der Waals surface area contributed by atoms with Gasteiger partial charge in [-0.3, -0.25) is 0 Å². The predicted molar refractivity (Wildman–Crippen MR) is 464 cm³/mol. The van der Waals surface area contributed by atoms with E-state index >= 15 is 0 Å². The molecule has 1 saturated heterocycles. The van der Waals surface area contributed by atoms with E-state index < -0.39 is 0 Å². The van der Waals surface area contributed by atoms with E-state index in [4.69, 9.17) is 9.31 Å². The maximum absolute atomic E-state index is 6.29. The van der Waals surface area contributed by atoms with E-state index in [0.717, 1.165) is 9.94 Å². The Bertz CT molecular complexity index is 6750. The van der Waals surface area contributed by atoms with Crippen molar-refractivity contribution in [3.63, 3.8) is 0 Å². The second-order valence-electron chi connectivity index (χ2n) is 29.4. The lowest BCUT2D eigenvalue weighted by molar-refractivity contribution is 0.00578. The topological polar surface area (TPSA) is 28.3 Å². The standard InChI is InChI=1S/C48H31N.C30H27BO2.C24H16BrN/c1-2-20-41-39(18-1)40-19-3-4-21-42(40)46-31-37(26-27-43(41)46)35-15-10-13-33(29-35)32-12-9-14-34(28-32)36-16-11-17-38(30-36)49-47-24-7-5-22-44(47)45-23-6-8-25-48(45)49;1-29(2)30(3,4)33-31(32-29)22-11-9-10-20(18-22)21-16-17-27-25-14-6-5-12-23(25)24-13-7-8-15-26(24)28(27)19-21;25-19-9-5-7-17(15-19)18-8-6-10-20(16-18)26-23-13-3-1-11-21(23)22-12-2-4-14-24(22)26/h1-31H;5-19H,1-4H3;1-16H. The summed E-state index contributed by atoms with van der Waals surface area (Å²) in [4.78, 5) is 0. The van der Waals surface area contributed by atoms with Gasteiger partial charge in [0.1, 0.15) is 0 Å². The number of hydrogen-bond donors (Lipinski definition) is 0. The van der Waals surface area contributed by atoms with Crippen molar-refractivity contribution in [1.82, 2.24) is 9.13 Å². The highest BCUT2D eigenvalue weighted by Gasteiger charge is 2.51. The molecule has 1 fully saturated rings. The quantitative estimate of drug-likeness (QED) is 0.112. The average Bonchev–Trinajstić information content (AvgIpc) is 1.05. The molecule has 3 heterocycles. The first kappa shape index (κ1) is 66.3. The normalized spacial score (nSPS) is 13.3. The van der Waals surface area contributed by atoms with Gasteiger partial charge < -0.3 is 18.4 Å². The minimum atomic E-state index is -0.361. The molecule has 0 spiro atoms. The maximum atomic E-state index is 6.29. The second kappa shape index (κ2) is 27.2. The van der Waals surface area contributed by atoms with Crippen LogP contribution in [0.1, 0.15) is 27.7 Å². The van der Waals surface area contributed by atoms with Crippen LogP contribution in [0.2, 0.25) is 0 Å². The van der Waals surface area contributed by atoms with Crippen molar-refractivity contribution >= 4 is 137 Å². The van der Waals surface area contributed by atoms with Crippen molar-refractivity contribution in [2.24, 2.45) is 0 Å². The molecule has 0 atom stereocenters. The molecule has 0 radical (unpaired) electrons. The third kappa shape index (κ3) is 11.8. The first-order valence-corrected chi connectivity index (χ1v) is 38.0. The Morgan fingerprint density at radius 2 is 0.463 bits per heavy atom. The van der Waals surface area contributed by atoms with Crippen LogP contribution in [0.3, 0.4) is 0 Å². The minimum absolute atomic E-state index is 0.351. The van der Waals surface area contributed by atoms with Crippen LogP contribution in [-0.4, -0.2) is 27.5 Å². The summed E-state index contributed by atoms with van der Waals surface area (Å²) < 4.78 is 18.4. The second-order valence-corrected chi connectivity index (χ2v) is 30.3. The molecule has 108 heavy (non-hydrogen) atoms. The van der Waals surface area contributed by atoms with Gasteiger partial charge in [-0.2, -0.15) is 0 Å². The molecule has 21 rings (SSSR count). The summed E-state index contributed by atoms with van der Waals surface area (Å²) in [6.07, 6.45) is 0. The Hall–Kier alpha value is -12.4. The van der Waals surface area contributed by atoms with Gasteiger partial charge in [-0.05, 0) is 238 Å². The molecule has 1 aliphatic rings. The van der Waals surface area contributed by atoms with Gasteiger partial charge in [0.15, 0.2) is 0 Å². The van der Waals surface area contributed by atoms with Gasteiger partial charge in [0.25, 0.3) is 0 Å². The lowest BCUT2D eigenvalue weighted by Gasteiger charge is -2.32. The monoisotopic (exact) mass is 1450 g/mol. The van der Waals surface area contributed by atoms with Crippen molar-refractivity contribution in [2.75, 3.05) is 0 Å². The van der Waals surface area contributed by atoms with Crippen molar-refractivity contribution < 1.29 is 9.31 Å². The third-order valence-electron chi connectivity index (χ3n) is 22.5. The van der Waals surface area contributed by atoms with Crippen molar-refractivity contribution in [2.45, 2.75) is 38.9 Å². The molecular formula is C102H74BBrN2O2. The molecule has 0 saturated carbocycles. The molecule has 4 nitrogen and oxygen atoms in total. The molecule has 0 amide bonds. The third-order valence-corrected chi connectivity index (χ3v) is 23.0. The molecule has 2 aromatic heterocycles. The van der Waals surface area contributed by atoms with Gasteiger partial charge in [-0.1, -0.05) is 307 Å². The smallest absolute Gasteiger partial charge is 0.399 e. The maximum Gasteiger partial charge on any atom is 0.494 e. The lowest BCUT2D eigenvalue weighted by Crippen LogP contribution is -2.41. The zero-order valence-corrected chi connectivity index (χ0v) is 62.0. The molecule has 0 N–H and O–H groups in total. The van der Waals surface area contributed by atoms with Crippen molar-refractivity contribution in [1.29, 1.82) is 0 Å². The highest BCUT2D eigenvalue weighted by Crippen LogP contribution is 2.43. The largest absolute Gasteiger partial charge is 0.494 e. The summed E-state index contributed by atoms with van der Waals surface area (Å²) in [7, 11) is -0.361. The molecule has 1 aliphatic heterocycles. The van der Waals surface area contributed by atoms with E-state index in [1.54, 1.807) is 0 Å². The number of para-hydroxylation sites is 4. The predicted octanol–water partition coefficient (Wildman–Crippen LogP) is 27.6. The van der Waals surface area contributed by atoms with E-state index in [0.29, 0.717) is 0 Å². The summed E-state index contributed by atoms with van der Waals surface area (Å²) in [6, 6.07) is 136. The Kier molecular flexibility index (Phi) is 16.7. The molecular weight excluding hydrogens is 1380 g/mol. The molecule has 0 unspecified atom stereocenters. The fourth-order valence-corrected chi connectivity index (χ4v) is 16.9. The summed E-state index contributed by atoms with van der Waals surface area (Å²) in [5.41, 5.74) is 19.7. The number of halogens is 1. The van der Waals surface area contributed by atoms with Crippen molar-refractivity contribution in [3.05, 3.63) is 381 Å². The number of benzene rings is 18. The zero-order chi connectivity index (χ0) is 72.6. The number of fused-ring (bicyclic) bond motifs is 18. The van der Waals surface area contributed by atoms with Crippen LogP contribution in [0.4, 0.5) is 0 Å². The summed E-state index contributed by atoms with van der Waals surface area (Å²) in [6.45, 7) is 8.37. The molecule has 20 aromatic rings. The van der Waals surface area contributed by atoms with Crippen LogP contribution in [0.5, 0.6) is 0 Å². The van der Waals surface area contributed by atoms with Crippen molar-refractivity contribution in [3.8, 4) is 67.0 Å². The highest BCUT2D eigenvalue weighted by atomic mass is 79.9. The van der Waals surface area contributed by atoms with Gasteiger partial charge in [0, 0.05) is 37.4 Å². The molecule has 514 valence electrons. The Labute approximate surface area is 637 Å². The first-order chi connectivity index (χ1) is 52.9. The highest BCUT2D eigenvalue weighted by molar-refractivity contribution is 9.10. The van der Waals surface area contributed by atoms with E-state index in [1.807, 2.05) is 0 Å². The lowest BCUT2D eigenvalue weighted by atomic mass is 9.78. The van der Waals surface area contributed by atoms with Gasteiger partial charge in [0.2, 0.25) is 0 Å². The fourth-order valence-electron chi connectivity index (χ4n) is 16.5. The number of rotatable bonds is 8. The van der Waals surface area contributed by atoms with Gasteiger partial charge in [0.05, 0.1) is 33.3 Å².